The molecule has 4 heteroatoms. The minimum absolute atomic E-state index is 0.159. The number of dihydropyridines is 1. The van der Waals surface area contributed by atoms with E-state index in [9.17, 15) is 10.1 Å². The van der Waals surface area contributed by atoms with Crippen molar-refractivity contribution in [3.05, 3.63) is 33.7 Å². The van der Waals surface area contributed by atoms with Crippen LogP contribution in [0.2, 0.25) is 0 Å². The van der Waals surface area contributed by atoms with Gasteiger partial charge in [0.25, 0.3) is 5.70 Å². The third kappa shape index (κ3) is 1.15. The maximum Gasteiger partial charge on any atom is 0.287 e. The van der Waals surface area contributed by atoms with Gasteiger partial charge in [-0.25, -0.2) is 0 Å². The lowest BCUT2D eigenvalue weighted by molar-refractivity contribution is -0.421. The molecule has 4 nitrogen and oxygen atoms in total. The molecule has 0 fully saturated rings. The van der Waals surface area contributed by atoms with Gasteiger partial charge in [-0.2, -0.15) is 0 Å². The van der Waals surface area contributed by atoms with Crippen molar-refractivity contribution in [2.45, 2.75) is 6.92 Å². The van der Waals surface area contributed by atoms with Crippen LogP contribution in [0.5, 0.6) is 0 Å². The first-order valence-electron chi connectivity index (χ1n) is 2.97. The normalized spacial score (nSPS) is 16.9. The summed E-state index contributed by atoms with van der Waals surface area (Å²) in [5, 5.41) is 13.0. The highest BCUT2D eigenvalue weighted by Gasteiger charge is 2.14. The average Bonchev–Trinajstić information content (AvgIpc) is 1.88. The van der Waals surface area contributed by atoms with E-state index in [1.807, 2.05) is 0 Å². The van der Waals surface area contributed by atoms with Gasteiger partial charge in [-0.3, -0.25) is 10.1 Å². The molecule has 1 N–H and O–H groups in total. The Morgan fingerprint density at radius 3 is 2.90 bits per heavy atom. The molecule has 0 aromatic rings. The smallest absolute Gasteiger partial charge is 0.287 e. The molecule has 0 amide bonds. The van der Waals surface area contributed by atoms with Crippen LogP contribution in [0.25, 0.3) is 0 Å². The Bertz CT molecular complexity index is 218. The van der Waals surface area contributed by atoms with Crippen LogP contribution in [-0.2, 0) is 0 Å². The maximum atomic E-state index is 10.2. The third-order valence-electron chi connectivity index (χ3n) is 1.37. The first kappa shape index (κ1) is 6.80. The van der Waals surface area contributed by atoms with Gasteiger partial charge in [-0.15, -0.1) is 0 Å². The second-order valence-corrected chi connectivity index (χ2v) is 2.08. The zero-order valence-corrected chi connectivity index (χ0v) is 5.63. The molecular weight excluding hydrogens is 132 g/mol. The second kappa shape index (κ2) is 2.51. The van der Waals surface area contributed by atoms with Crippen LogP contribution >= 0.6 is 0 Å². The minimum atomic E-state index is -0.391. The molecule has 10 heavy (non-hydrogen) atoms. The lowest BCUT2D eigenvalue weighted by atomic mass is 10.2. The summed E-state index contributed by atoms with van der Waals surface area (Å²) in [7, 11) is 0. The Kier molecular flexibility index (Phi) is 1.71. The van der Waals surface area contributed by atoms with Crippen LogP contribution in [-0.4, -0.2) is 11.5 Å². The summed E-state index contributed by atoms with van der Waals surface area (Å²) in [6.45, 7) is 2.42. The Labute approximate surface area is 58.4 Å². The van der Waals surface area contributed by atoms with Crippen LogP contribution in [0.15, 0.2) is 23.5 Å². The highest BCUT2D eigenvalue weighted by molar-refractivity contribution is 5.25. The van der Waals surface area contributed by atoms with Gasteiger partial charge in [0.05, 0.1) is 11.1 Å². The summed E-state index contributed by atoms with van der Waals surface area (Å²) in [6.07, 6.45) is 3.22. The molecule has 1 heterocycles. The molecule has 0 aromatic heterocycles. The Morgan fingerprint density at radius 2 is 2.50 bits per heavy atom. The monoisotopic (exact) mass is 140 g/mol. The summed E-state index contributed by atoms with van der Waals surface area (Å²) >= 11 is 0. The Morgan fingerprint density at radius 1 is 1.80 bits per heavy atom. The summed E-state index contributed by atoms with van der Waals surface area (Å²) in [5.74, 6) is 0. The number of rotatable bonds is 1. The Balaban J connectivity index is 2.84. The van der Waals surface area contributed by atoms with Crippen molar-refractivity contribution in [1.82, 2.24) is 5.32 Å². The lowest BCUT2D eigenvalue weighted by Crippen LogP contribution is -2.15. The van der Waals surface area contributed by atoms with Gasteiger partial charge < -0.3 is 5.32 Å². The van der Waals surface area contributed by atoms with Crippen molar-refractivity contribution in [1.29, 1.82) is 0 Å². The molecule has 54 valence electrons. The summed E-state index contributed by atoms with van der Waals surface area (Å²) in [4.78, 5) is 9.83. The number of hydrogen-bond acceptors (Lipinski definition) is 3. The summed E-state index contributed by atoms with van der Waals surface area (Å²) in [5.41, 5.74) is 0.884. The topological polar surface area (TPSA) is 55.2 Å². The van der Waals surface area contributed by atoms with Crippen LogP contribution in [0.3, 0.4) is 0 Å². The van der Waals surface area contributed by atoms with E-state index < -0.39 is 4.92 Å². The van der Waals surface area contributed by atoms with E-state index >= 15 is 0 Å². The molecule has 0 radical (unpaired) electrons. The maximum absolute atomic E-state index is 10.2. The van der Waals surface area contributed by atoms with E-state index in [0.29, 0.717) is 6.54 Å². The summed E-state index contributed by atoms with van der Waals surface area (Å²) in [6, 6.07) is 0. The van der Waals surface area contributed by atoms with Crippen LogP contribution < -0.4 is 5.32 Å². The predicted molar refractivity (Wildman–Crippen MR) is 36.8 cm³/mol. The van der Waals surface area contributed by atoms with Gasteiger partial charge in [-0.1, -0.05) is 6.08 Å². The zero-order valence-electron chi connectivity index (χ0n) is 5.63. The molecule has 0 saturated heterocycles. The van der Waals surface area contributed by atoms with Crippen molar-refractivity contribution in [2.24, 2.45) is 0 Å². The fraction of sp³-hybridized carbons (Fsp3) is 0.333. The van der Waals surface area contributed by atoms with E-state index in [1.165, 1.54) is 6.20 Å². The van der Waals surface area contributed by atoms with E-state index in [2.05, 4.69) is 5.32 Å². The average molecular weight is 140 g/mol. The van der Waals surface area contributed by atoms with Gasteiger partial charge in [0.15, 0.2) is 0 Å². The summed E-state index contributed by atoms with van der Waals surface area (Å²) < 4.78 is 0. The van der Waals surface area contributed by atoms with Crippen molar-refractivity contribution in [3.63, 3.8) is 0 Å². The molecule has 0 bridgehead atoms. The van der Waals surface area contributed by atoms with Crippen LogP contribution in [0, 0.1) is 10.1 Å². The van der Waals surface area contributed by atoms with E-state index in [1.54, 1.807) is 13.0 Å². The quantitative estimate of drug-likeness (QED) is 0.430. The zero-order chi connectivity index (χ0) is 7.56. The molecule has 1 rings (SSSR count). The molecule has 1 aliphatic rings. The number of allylic oxidation sites excluding steroid dienone is 1. The fourth-order valence-corrected chi connectivity index (χ4v) is 0.783. The molecule has 1 aliphatic heterocycles. The molecule has 0 atom stereocenters. The van der Waals surface area contributed by atoms with Crippen LogP contribution in [0.1, 0.15) is 6.92 Å². The van der Waals surface area contributed by atoms with Gasteiger partial charge in [0.2, 0.25) is 0 Å². The number of nitrogens with one attached hydrogen (secondary N) is 1. The number of nitro groups is 1. The first-order valence-corrected chi connectivity index (χ1v) is 2.97. The molecule has 0 unspecified atom stereocenters. The highest BCUT2D eigenvalue weighted by atomic mass is 16.6. The highest BCUT2D eigenvalue weighted by Crippen LogP contribution is 2.10. The van der Waals surface area contributed by atoms with E-state index in [-0.39, 0.29) is 5.70 Å². The van der Waals surface area contributed by atoms with Crippen molar-refractivity contribution < 1.29 is 4.92 Å². The number of nitrogens with zero attached hydrogens (tertiary/aromatic N) is 1. The van der Waals surface area contributed by atoms with Crippen LogP contribution in [0.4, 0.5) is 0 Å². The molecule has 0 aromatic carbocycles. The number of hydrogen-bond donors (Lipinski definition) is 1. The molecular formula is C6H8N2O2. The molecule has 0 spiro atoms. The fourth-order valence-electron chi connectivity index (χ4n) is 0.783. The van der Waals surface area contributed by atoms with Gasteiger partial charge in [0.1, 0.15) is 0 Å². The van der Waals surface area contributed by atoms with Gasteiger partial charge in [0, 0.05) is 12.1 Å². The molecule has 0 aliphatic carbocycles. The predicted octanol–water partition coefficient (Wildman–Crippen LogP) is 0.654. The third-order valence-corrected chi connectivity index (χ3v) is 1.37. The van der Waals surface area contributed by atoms with Gasteiger partial charge >= 0.3 is 0 Å². The minimum Gasteiger partial charge on any atom is -0.382 e. The van der Waals surface area contributed by atoms with Gasteiger partial charge in [-0.05, 0) is 6.92 Å². The Hall–Kier alpha value is -1.32. The molecule has 0 saturated carbocycles. The van der Waals surface area contributed by atoms with E-state index in [4.69, 9.17) is 0 Å². The standard InChI is InChI=1S/C6H8N2O2/c1-5-2-3-7-4-6(5)8(9)10/h2,4,7H,3H2,1H3. The van der Waals surface area contributed by atoms with Crippen molar-refractivity contribution in [2.75, 3.05) is 6.54 Å². The second-order valence-electron chi connectivity index (χ2n) is 2.08. The van der Waals surface area contributed by atoms with E-state index in [0.717, 1.165) is 5.57 Å². The first-order chi connectivity index (χ1) is 4.72. The van der Waals surface area contributed by atoms with Crippen molar-refractivity contribution >= 4 is 0 Å². The van der Waals surface area contributed by atoms with Crippen molar-refractivity contribution in [3.8, 4) is 0 Å². The largest absolute Gasteiger partial charge is 0.382 e. The SMILES string of the molecule is CC1=CCNC=C1[N+](=O)[O-]. The lowest BCUT2D eigenvalue weighted by Gasteiger charge is -2.05.